The van der Waals surface area contributed by atoms with Crippen LogP contribution in [0.5, 0.6) is 0 Å². The minimum atomic E-state index is -0.410. The van der Waals surface area contributed by atoms with Gasteiger partial charge in [0.15, 0.2) is 5.16 Å². The van der Waals surface area contributed by atoms with Gasteiger partial charge in [-0.05, 0) is 49.2 Å². The molecule has 9 heteroatoms. The van der Waals surface area contributed by atoms with E-state index in [0.717, 1.165) is 5.69 Å². The number of cyclic esters (lactones) is 1. The summed E-state index contributed by atoms with van der Waals surface area (Å²) < 4.78 is 6.86. The smallest absolute Gasteiger partial charge is 0.414 e. The monoisotopic (exact) mass is 423 g/mol. The van der Waals surface area contributed by atoms with Crippen LogP contribution in [-0.4, -0.2) is 45.7 Å². The molecule has 4 rings (SSSR count). The largest absolute Gasteiger partial charge is 0.447 e. The van der Waals surface area contributed by atoms with E-state index >= 15 is 0 Å². The van der Waals surface area contributed by atoms with E-state index in [1.165, 1.54) is 27.8 Å². The van der Waals surface area contributed by atoms with E-state index in [9.17, 15) is 9.59 Å². The Bertz CT molecular complexity index is 1100. The highest BCUT2D eigenvalue weighted by Crippen LogP contribution is 2.28. The average molecular weight is 423 g/mol. The molecule has 1 saturated heterocycles. The molecule has 2 amide bonds. The Hall–Kier alpha value is -3.33. The predicted octanol–water partition coefficient (Wildman–Crippen LogP) is 3.57. The van der Waals surface area contributed by atoms with E-state index < -0.39 is 6.09 Å². The van der Waals surface area contributed by atoms with Crippen LogP contribution in [0.4, 0.5) is 16.2 Å². The van der Waals surface area contributed by atoms with Crippen LogP contribution >= 0.6 is 11.8 Å². The van der Waals surface area contributed by atoms with Gasteiger partial charge in [0.25, 0.3) is 0 Å². The van der Waals surface area contributed by atoms with Crippen molar-refractivity contribution >= 4 is 35.1 Å². The van der Waals surface area contributed by atoms with Crippen molar-refractivity contribution in [3.8, 4) is 5.69 Å². The summed E-state index contributed by atoms with van der Waals surface area (Å²) in [4.78, 5) is 26.0. The van der Waals surface area contributed by atoms with Gasteiger partial charge in [0, 0.05) is 5.69 Å². The number of carbonyl (C=O) groups is 2. The number of benzene rings is 2. The van der Waals surface area contributed by atoms with Gasteiger partial charge in [0.1, 0.15) is 12.9 Å². The first-order valence-corrected chi connectivity index (χ1v) is 10.4. The van der Waals surface area contributed by atoms with E-state index in [0.29, 0.717) is 29.7 Å². The average Bonchev–Trinajstić information content (AvgIpc) is 3.38. The van der Waals surface area contributed by atoms with Crippen molar-refractivity contribution in [3.05, 3.63) is 59.9 Å². The molecule has 1 aliphatic heterocycles. The van der Waals surface area contributed by atoms with Gasteiger partial charge < -0.3 is 10.1 Å². The van der Waals surface area contributed by atoms with Crippen LogP contribution in [0.15, 0.2) is 53.9 Å². The third kappa shape index (κ3) is 4.16. The third-order valence-corrected chi connectivity index (χ3v) is 5.79. The number of aryl methyl sites for hydroxylation is 2. The number of ether oxygens (including phenoxy) is 1. The highest BCUT2D eigenvalue weighted by atomic mass is 32.2. The maximum absolute atomic E-state index is 12.6. The summed E-state index contributed by atoms with van der Waals surface area (Å²) in [6, 6.07) is 13.3. The lowest BCUT2D eigenvalue weighted by Gasteiger charge is -2.17. The fourth-order valence-corrected chi connectivity index (χ4v) is 3.85. The highest BCUT2D eigenvalue weighted by Gasteiger charge is 2.26. The first-order valence-electron chi connectivity index (χ1n) is 9.46. The predicted molar refractivity (Wildman–Crippen MR) is 115 cm³/mol. The van der Waals surface area contributed by atoms with Gasteiger partial charge in [0.05, 0.1) is 23.7 Å². The van der Waals surface area contributed by atoms with Gasteiger partial charge >= 0.3 is 6.09 Å². The van der Waals surface area contributed by atoms with E-state index in [4.69, 9.17) is 4.74 Å². The number of anilines is 2. The molecular weight excluding hydrogens is 402 g/mol. The maximum Gasteiger partial charge on any atom is 0.414 e. The molecular formula is C21H21N5O3S. The Labute approximate surface area is 178 Å². The first-order chi connectivity index (χ1) is 14.5. The molecule has 1 aromatic heterocycles. The van der Waals surface area contributed by atoms with Crippen LogP contribution in [-0.2, 0) is 9.53 Å². The summed E-state index contributed by atoms with van der Waals surface area (Å²) in [7, 11) is 0. The van der Waals surface area contributed by atoms with Crippen molar-refractivity contribution in [2.45, 2.75) is 19.0 Å². The Morgan fingerprint density at radius 1 is 1.20 bits per heavy atom. The number of carbonyl (C=O) groups excluding carboxylic acids is 2. The SMILES string of the molecule is Cc1ccc(-n2cnnc2SCC(=O)Nc2ccccc2N2CCOC2=O)cc1C. The fraction of sp³-hybridized carbons (Fsp3) is 0.238. The van der Waals surface area contributed by atoms with Crippen LogP contribution in [0.3, 0.4) is 0 Å². The number of aromatic nitrogens is 3. The molecule has 2 heterocycles. The van der Waals surface area contributed by atoms with E-state index in [2.05, 4.69) is 35.4 Å². The second-order valence-corrected chi connectivity index (χ2v) is 7.81. The van der Waals surface area contributed by atoms with E-state index in [-0.39, 0.29) is 11.7 Å². The lowest BCUT2D eigenvalue weighted by atomic mass is 10.1. The second kappa shape index (κ2) is 8.58. The fourth-order valence-electron chi connectivity index (χ4n) is 3.12. The minimum absolute atomic E-state index is 0.155. The number of para-hydroxylation sites is 2. The Balaban J connectivity index is 1.44. The van der Waals surface area contributed by atoms with Crippen molar-refractivity contribution in [1.82, 2.24) is 14.8 Å². The number of hydrogen-bond donors (Lipinski definition) is 1. The zero-order valence-corrected chi connectivity index (χ0v) is 17.5. The Kier molecular flexibility index (Phi) is 5.71. The summed E-state index contributed by atoms with van der Waals surface area (Å²) in [6.07, 6.45) is 1.23. The van der Waals surface area contributed by atoms with Crippen molar-refractivity contribution in [2.24, 2.45) is 0 Å². The zero-order valence-electron chi connectivity index (χ0n) is 16.7. The Morgan fingerprint density at radius 2 is 2.03 bits per heavy atom. The van der Waals surface area contributed by atoms with E-state index in [1.807, 2.05) is 28.8 Å². The van der Waals surface area contributed by atoms with Gasteiger partial charge in [-0.3, -0.25) is 14.3 Å². The summed E-state index contributed by atoms with van der Waals surface area (Å²) in [5, 5.41) is 11.6. The number of rotatable bonds is 6. The van der Waals surface area contributed by atoms with Gasteiger partial charge in [-0.1, -0.05) is 30.0 Å². The lowest BCUT2D eigenvalue weighted by molar-refractivity contribution is -0.113. The summed E-state index contributed by atoms with van der Waals surface area (Å²) in [5.74, 6) is -0.0443. The quantitative estimate of drug-likeness (QED) is 0.610. The van der Waals surface area contributed by atoms with Gasteiger partial charge in [-0.25, -0.2) is 4.79 Å². The standard InChI is InChI=1S/C21H21N5O3S/c1-14-7-8-16(11-15(14)2)26-13-22-24-20(26)30-12-19(27)23-17-5-3-4-6-18(17)25-9-10-29-21(25)28/h3-8,11,13H,9-10,12H2,1-2H3,(H,23,27). The van der Waals surface area contributed by atoms with Gasteiger partial charge in [-0.15, -0.1) is 10.2 Å². The number of nitrogens with one attached hydrogen (secondary N) is 1. The van der Waals surface area contributed by atoms with Crippen molar-refractivity contribution < 1.29 is 14.3 Å². The maximum atomic E-state index is 12.6. The molecule has 0 radical (unpaired) electrons. The van der Waals surface area contributed by atoms with Crippen LogP contribution in [0.2, 0.25) is 0 Å². The van der Waals surface area contributed by atoms with Crippen LogP contribution in [0.25, 0.3) is 5.69 Å². The number of thioether (sulfide) groups is 1. The molecule has 1 fully saturated rings. The zero-order chi connectivity index (χ0) is 21.1. The summed E-state index contributed by atoms with van der Waals surface area (Å²) >= 11 is 1.30. The molecule has 1 aliphatic rings. The van der Waals surface area contributed by atoms with Crippen molar-refractivity contribution in [3.63, 3.8) is 0 Å². The highest BCUT2D eigenvalue weighted by molar-refractivity contribution is 7.99. The van der Waals surface area contributed by atoms with Crippen molar-refractivity contribution in [1.29, 1.82) is 0 Å². The van der Waals surface area contributed by atoms with Crippen LogP contribution < -0.4 is 10.2 Å². The molecule has 0 spiro atoms. The lowest BCUT2D eigenvalue weighted by Crippen LogP contribution is -2.25. The third-order valence-electron chi connectivity index (χ3n) is 4.85. The van der Waals surface area contributed by atoms with Gasteiger partial charge in [0.2, 0.25) is 5.91 Å². The van der Waals surface area contributed by atoms with Crippen LogP contribution in [0.1, 0.15) is 11.1 Å². The molecule has 0 unspecified atom stereocenters. The molecule has 30 heavy (non-hydrogen) atoms. The first kappa shape index (κ1) is 20.0. The summed E-state index contributed by atoms with van der Waals surface area (Å²) in [5.41, 5.74) is 4.52. The molecule has 8 nitrogen and oxygen atoms in total. The number of nitrogens with zero attached hydrogens (tertiary/aromatic N) is 4. The topological polar surface area (TPSA) is 89.3 Å². The normalized spacial score (nSPS) is 13.4. The molecule has 2 aromatic carbocycles. The molecule has 0 aliphatic carbocycles. The second-order valence-electron chi connectivity index (χ2n) is 6.87. The molecule has 0 bridgehead atoms. The Morgan fingerprint density at radius 3 is 2.80 bits per heavy atom. The van der Waals surface area contributed by atoms with Gasteiger partial charge in [-0.2, -0.15) is 0 Å². The molecule has 0 atom stereocenters. The van der Waals surface area contributed by atoms with Crippen LogP contribution in [0, 0.1) is 13.8 Å². The minimum Gasteiger partial charge on any atom is -0.447 e. The van der Waals surface area contributed by atoms with E-state index in [1.54, 1.807) is 18.5 Å². The summed E-state index contributed by atoms with van der Waals surface area (Å²) in [6.45, 7) is 4.91. The number of hydrogen-bond acceptors (Lipinski definition) is 6. The molecule has 1 N–H and O–H groups in total. The number of amides is 2. The molecule has 154 valence electrons. The molecule has 0 saturated carbocycles. The van der Waals surface area contributed by atoms with Crippen molar-refractivity contribution in [2.75, 3.05) is 29.1 Å². The molecule has 3 aromatic rings.